The van der Waals surface area contributed by atoms with E-state index in [2.05, 4.69) is 19.9 Å². The van der Waals surface area contributed by atoms with Crippen LogP contribution in [0, 0.1) is 5.92 Å². The van der Waals surface area contributed by atoms with E-state index >= 15 is 0 Å². The lowest BCUT2D eigenvalue weighted by Gasteiger charge is -2.23. The van der Waals surface area contributed by atoms with Gasteiger partial charge in [-0.1, -0.05) is 13.8 Å². The summed E-state index contributed by atoms with van der Waals surface area (Å²) in [6, 6.07) is 2.15. The molecule has 0 unspecified atom stereocenters. The van der Waals surface area contributed by atoms with E-state index in [0.29, 0.717) is 0 Å². The number of benzene rings is 1. The van der Waals surface area contributed by atoms with Gasteiger partial charge < -0.3 is 14.4 Å². The van der Waals surface area contributed by atoms with Crippen LogP contribution >= 0.6 is 0 Å². The quantitative estimate of drug-likeness (QED) is 0.809. The van der Waals surface area contributed by atoms with Crippen LogP contribution in [-0.2, 0) is 24.1 Å². The van der Waals surface area contributed by atoms with Crippen molar-refractivity contribution in [2.24, 2.45) is 5.92 Å². The molecular formula is C19H27NO3. The van der Waals surface area contributed by atoms with Gasteiger partial charge in [-0.05, 0) is 25.3 Å². The lowest BCUT2D eigenvalue weighted by Crippen LogP contribution is -2.34. The third kappa shape index (κ3) is 3.04. The summed E-state index contributed by atoms with van der Waals surface area (Å²) >= 11 is 0. The number of nitrogens with zero attached hydrogens (tertiary/aromatic N) is 1. The van der Waals surface area contributed by atoms with Crippen LogP contribution in [0.25, 0.3) is 0 Å². The minimum atomic E-state index is 0.145. The van der Waals surface area contributed by atoms with Crippen molar-refractivity contribution in [3.05, 3.63) is 22.8 Å². The number of carbonyl (C=O) groups excluding carboxylic acids is 1. The Morgan fingerprint density at radius 2 is 1.96 bits per heavy atom. The Morgan fingerprint density at radius 3 is 2.70 bits per heavy atom. The third-order valence-electron chi connectivity index (χ3n) is 5.17. The maximum absolute atomic E-state index is 12.5. The second-order valence-corrected chi connectivity index (χ2v) is 6.54. The number of fused-ring (bicyclic) bond motifs is 2. The van der Waals surface area contributed by atoms with Gasteiger partial charge in [0.05, 0.1) is 13.2 Å². The van der Waals surface area contributed by atoms with Crippen LogP contribution in [0.4, 0.5) is 0 Å². The number of carbonyl (C=O) groups is 1. The second-order valence-electron chi connectivity index (χ2n) is 6.54. The molecule has 4 heteroatoms. The van der Waals surface area contributed by atoms with Crippen LogP contribution in [0.1, 0.15) is 43.4 Å². The number of amides is 1. The molecule has 126 valence electrons. The Bertz CT molecular complexity index is 561. The monoisotopic (exact) mass is 317 g/mol. The van der Waals surface area contributed by atoms with Gasteiger partial charge in [0.25, 0.3) is 0 Å². The van der Waals surface area contributed by atoms with Crippen molar-refractivity contribution in [3.63, 3.8) is 0 Å². The highest BCUT2D eigenvalue weighted by Gasteiger charge is 2.27. The lowest BCUT2D eigenvalue weighted by molar-refractivity contribution is -0.134. The highest BCUT2D eigenvalue weighted by atomic mass is 16.5. The van der Waals surface area contributed by atoms with Gasteiger partial charge in [-0.15, -0.1) is 0 Å². The molecule has 0 N–H and O–H groups in total. The van der Waals surface area contributed by atoms with E-state index in [4.69, 9.17) is 9.47 Å². The first-order chi connectivity index (χ1) is 11.2. The molecule has 1 aromatic carbocycles. The summed E-state index contributed by atoms with van der Waals surface area (Å²) in [4.78, 5) is 14.3. The molecule has 0 atom stereocenters. The highest BCUT2D eigenvalue weighted by molar-refractivity contribution is 5.78. The fraction of sp³-hybridized carbons (Fsp3) is 0.632. The summed E-state index contributed by atoms with van der Waals surface area (Å²) in [5.41, 5.74) is 3.81. The second kappa shape index (κ2) is 6.81. The Balaban J connectivity index is 1.75. The molecule has 0 bridgehead atoms. The van der Waals surface area contributed by atoms with Crippen molar-refractivity contribution in [3.8, 4) is 11.5 Å². The Kier molecular flexibility index (Phi) is 4.79. The molecule has 0 fully saturated rings. The molecule has 0 spiro atoms. The van der Waals surface area contributed by atoms with E-state index < -0.39 is 0 Å². The van der Waals surface area contributed by atoms with E-state index in [1.807, 2.05) is 11.9 Å². The third-order valence-corrected chi connectivity index (χ3v) is 5.17. The van der Waals surface area contributed by atoms with Crippen molar-refractivity contribution in [2.45, 2.75) is 46.0 Å². The summed E-state index contributed by atoms with van der Waals surface area (Å²) in [5, 5.41) is 0. The van der Waals surface area contributed by atoms with Crippen LogP contribution in [0.15, 0.2) is 6.07 Å². The SMILES string of the molecule is CCC(CC)C(=O)N(C)CCc1c2c(cc3c1OCC3)OCC2. The van der Waals surface area contributed by atoms with Gasteiger partial charge in [-0.3, -0.25) is 4.79 Å². The normalized spacial score (nSPS) is 15.1. The zero-order chi connectivity index (χ0) is 16.4. The zero-order valence-electron chi connectivity index (χ0n) is 14.5. The van der Waals surface area contributed by atoms with E-state index in [1.165, 1.54) is 16.7 Å². The number of hydrogen-bond donors (Lipinski definition) is 0. The van der Waals surface area contributed by atoms with Crippen molar-refractivity contribution in [1.29, 1.82) is 0 Å². The van der Waals surface area contributed by atoms with Gasteiger partial charge in [-0.2, -0.15) is 0 Å². The van der Waals surface area contributed by atoms with Crippen LogP contribution < -0.4 is 9.47 Å². The average molecular weight is 317 g/mol. The smallest absolute Gasteiger partial charge is 0.225 e. The fourth-order valence-electron chi connectivity index (χ4n) is 3.69. The van der Waals surface area contributed by atoms with Crippen molar-refractivity contribution in [2.75, 3.05) is 26.8 Å². The van der Waals surface area contributed by atoms with Gasteiger partial charge in [0.2, 0.25) is 5.91 Å². The maximum atomic E-state index is 12.5. The summed E-state index contributed by atoms with van der Waals surface area (Å²) < 4.78 is 11.6. The molecule has 2 aliphatic rings. The summed E-state index contributed by atoms with van der Waals surface area (Å²) in [5.74, 6) is 2.49. The van der Waals surface area contributed by atoms with E-state index in [-0.39, 0.29) is 11.8 Å². The van der Waals surface area contributed by atoms with Crippen LogP contribution in [-0.4, -0.2) is 37.6 Å². The van der Waals surface area contributed by atoms with Crippen LogP contribution in [0.2, 0.25) is 0 Å². The molecule has 0 saturated carbocycles. The Hall–Kier alpha value is -1.71. The standard InChI is InChI=1S/C19H27NO3/c1-4-13(5-2)19(21)20(3)9-6-16-15-8-11-22-17(15)12-14-7-10-23-18(14)16/h12-13H,4-11H2,1-3H3. The number of hydrogen-bond acceptors (Lipinski definition) is 3. The minimum Gasteiger partial charge on any atom is -0.493 e. The first kappa shape index (κ1) is 16.2. The summed E-state index contributed by atoms with van der Waals surface area (Å²) in [7, 11) is 1.92. The molecule has 1 amide bonds. The minimum absolute atomic E-state index is 0.145. The van der Waals surface area contributed by atoms with E-state index in [0.717, 1.165) is 63.4 Å². The summed E-state index contributed by atoms with van der Waals surface area (Å²) in [6.45, 7) is 6.42. The molecule has 0 aromatic heterocycles. The molecule has 0 saturated heterocycles. The molecule has 0 radical (unpaired) electrons. The van der Waals surface area contributed by atoms with E-state index in [9.17, 15) is 4.79 Å². The van der Waals surface area contributed by atoms with E-state index in [1.54, 1.807) is 0 Å². The van der Waals surface area contributed by atoms with Gasteiger partial charge >= 0.3 is 0 Å². The Morgan fingerprint density at radius 1 is 1.22 bits per heavy atom. The average Bonchev–Trinajstić information content (AvgIpc) is 3.20. The topological polar surface area (TPSA) is 38.8 Å². The molecule has 0 aliphatic carbocycles. The van der Waals surface area contributed by atoms with Gasteiger partial charge in [0.15, 0.2) is 0 Å². The van der Waals surface area contributed by atoms with Gasteiger partial charge in [0.1, 0.15) is 11.5 Å². The predicted octanol–water partition coefficient (Wildman–Crippen LogP) is 2.99. The zero-order valence-corrected chi connectivity index (χ0v) is 14.5. The first-order valence-electron chi connectivity index (χ1n) is 8.83. The van der Waals surface area contributed by atoms with Gasteiger partial charge in [0, 0.05) is 49.0 Å². The van der Waals surface area contributed by atoms with Crippen molar-refractivity contribution >= 4 is 5.91 Å². The molecular weight excluding hydrogens is 290 g/mol. The predicted molar refractivity (Wildman–Crippen MR) is 90.3 cm³/mol. The molecule has 4 nitrogen and oxygen atoms in total. The van der Waals surface area contributed by atoms with Crippen molar-refractivity contribution < 1.29 is 14.3 Å². The molecule has 2 aliphatic heterocycles. The largest absolute Gasteiger partial charge is 0.493 e. The van der Waals surface area contributed by atoms with Gasteiger partial charge in [-0.25, -0.2) is 0 Å². The molecule has 2 heterocycles. The maximum Gasteiger partial charge on any atom is 0.225 e. The highest BCUT2D eigenvalue weighted by Crippen LogP contribution is 2.40. The number of ether oxygens (including phenoxy) is 2. The molecule has 3 rings (SSSR count). The van der Waals surface area contributed by atoms with Crippen LogP contribution in [0.5, 0.6) is 11.5 Å². The first-order valence-corrected chi connectivity index (χ1v) is 8.83. The fourth-order valence-corrected chi connectivity index (χ4v) is 3.69. The summed E-state index contributed by atoms with van der Waals surface area (Å²) in [6.07, 6.45) is 4.57. The Labute approximate surface area is 138 Å². The number of rotatable bonds is 6. The molecule has 1 aromatic rings. The van der Waals surface area contributed by atoms with Crippen molar-refractivity contribution in [1.82, 2.24) is 4.90 Å². The lowest BCUT2D eigenvalue weighted by atomic mass is 9.96. The van der Waals surface area contributed by atoms with Crippen LogP contribution in [0.3, 0.4) is 0 Å². The number of likely N-dealkylation sites (N-methyl/N-ethyl adjacent to an activating group) is 1. The molecule has 23 heavy (non-hydrogen) atoms.